The van der Waals surface area contributed by atoms with Crippen LogP contribution >= 0.6 is 0 Å². The monoisotopic (exact) mass is 258 g/mol. The van der Waals surface area contributed by atoms with Gasteiger partial charge in [-0.1, -0.05) is 36.9 Å². The van der Waals surface area contributed by atoms with Crippen molar-refractivity contribution in [3.05, 3.63) is 30.3 Å². The zero-order valence-corrected chi connectivity index (χ0v) is 13.0. The molecule has 15 heavy (non-hydrogen) atoms. The first kappa shape index (κ1) is 12.8. The molecule has 0 spiro atoms. The molecule has 0 bridgehead atoms. The Balaban J connectivity index is 2.90. The van der Waals surface area contributed by atoms with E-state index in [1.165, 1.54) is 0 Å². The summed E-state index contributed by atoms with van der Waals surface area (Å²) in [5.41, 5.74) is 0. The van der Waals surface area contributed by atoms with Gasteiger partial charge in [-0.25, -0.2) is 0 Å². The van der Waals surface area contributed by atoms with E-state index in [-0.39, 0.29) is 0 Å². The third-order valence-corrected chi connectivity index (χ3v) is 8.82. The molecule has 84 valence electrons. The van der Waals surface area contributed by atoms with E-state index < -0.39 is 27.6 Å². The van der Waals surface area contributed by atoms with Gasteiger partial charge < -0.3 is 13.0 Å². The van der Waals surface area contributed by atoms with E-state index in [2.05, 4.69) is 0 Å². The summed E-state index contributed by atoms with van der Waals surface area (Å²) in [6.07, 6.45) is 0. The zero-order chi connectivity index (χ0) is 11.3. The fourth-order valence-electron chi connectivity index (χ4n) is 1.35. The average molecular weight is 258 g/mol. The average Bonchev–Trinajstić information content (AvgIpc) is 2.18. The lowest BCUT2D eigenvalue weighted by Gasteiger charge is -2.26. The minimum Gasteiger partial charge on any atom is -0.419 e. The summed E-state index contributed by atoms with van der Waals surface area (Å²) < 4.78 is 11.3. The van der Waals surface area contributed by atoms with E-state index in [1.54, 1.807) is 0 Å². The third kappa shape index (κ3) is 3.67. The van der Waals surface area contributed by atoms with Crippen molar-refractivity contribution in [2.45, 2.75) is 19.6 Å². The van der Waals surface area contributed by atoms with Crippen molar-refractivity contribution in [2.24, 2.45) is 0 Å². The first-order valence-corrected chi connectivity index (χ1v) is 11.7. The Morgan fingerprint density at radius 2 is 1.87 bits per heavy atom. The SMILES string of the molecule is C[SiH2]O[Si](O)(O[SiH](C)C)c1ccccc1. The molecule has 0 saturated carbocycles. The van der Waals surface area contributed by atoms with E-state index >= 15 is 0 Å². The molecule has 0 aliphatic carbocycles. The van der Waals surface area contributed by atoms with Crippen LogP contribution in [0.5, 0.6) is 0 Å². The molecule has 1 aromatic rings. The predicted octanol–water partition coefficient (Wildman–Crippen LogP) is -0.0267. The molecular formula is C9H18O3Si3. The molecule has 1 N–H and O–H groups in total. The van der Waals surface area contributed by atoms with Gasteiger partial charge in [0.2, 0.25) is 0 Å². The highest BCUT2D eigenvalue weighted by molar-refractivity contribution is 6.82. The van der Waals surface area contributed by atoms with Gasteiger partial charge in [-0.2, -0.15) is 0 Å². The number of benzene rings is 1. The van der Waals surface area contributed by atoms with Crippen LogP contribution in [0.2, 0.25) is 19.6 Å². The minimum atomic E-state index is -3.07. The van der Waals surface area contributed by atoms with Gasteiger partial charge in [0.05, 0.1) is 0 Å². The van der Waals surface area contributed by atoms with Crippen molar-refractivity contribution in [3.8, 4) is 0 Å². The molecule has 1 atom stereocenters. The molecule has 0 radical (unpaired) electrons. The van der Waals surface area contributed by atoms with Crippen LogP contribution in [0.25, 0.3) is 0 Å². The Hall–Kier alpha value is -0.249. The van der Waals surface area contributed by atoms with Crippen LogP contribution in [0, 0.1) is 0 Å². The molecule has 1 rings (SSSR count). The first-order chi connectivity index (χ1) is 7.08. The van der Waals surface area contributed by atoms with Crippen LogP contribution in [-0.4, -0.2) is 32.4 Å². The summed E-state index contributed by atoms with van der Waals surface area (Å²) in [7, 11) is -5.02. The molecule has 0 aliphatic rings. The molecule has 1 aromatic carbocycles. The first-order valence-electron chi connectivity index (χ1n) is 5.18. The zero-order valence-electron chi connectivity index (χ0n) is 9.43. The summed E-state index contributed by atoms with van der Waals surface area (Å²) in [4.78, 5) is 10.4. The lowest BCUT2D eigenvalue weighted by Crippen LogP contribution is -2.56. The molecule has 0 fully saturated rings. The van der Waals surface area contributed by atoms with E-state index in [9.17, 15) is 4.80 Å². The van der Waals surface area contributed by atoms with Crippen LogP contribution in [-0.2, 0) is 8.23 Å². The number of hydrogen-bond donors (Lipinski definition) is 1. The van der Waals surface area contributed by atoms with Crippen LogP contribution in [0.1, 0.15) is 0 Å². The number of hydrogen-bond acceptors (Lipinski definition) is 3. The van der Waals surface area contributed by atoms with Gasteiger partial charge in [-0.05, 0) is 13.1 Å². The maximum absolute atomic E-state index is 10.4. The summed E-state index contributed by atoms with van der Waals surface area (Å²) in [6.45, 7) is 6.09. The van der Waals surface area contributed by atoms with Crippen molar-refractivity contribution in [3.63, 3.8) is 0 Å². The molecular weight excluding hydrogens is 240 g/mol. The second kappa shape index (κ2) is 5.73. The van der Waals surface area contributed by atoms with Gasteiger partial charge in [0.25, 0.3) is 0 Å². The topological polar surface area (TPSA) is 38.7 Å². The maximum atomic E-state index is 10.4. The highest BCUT2D eigenvalue weighted by Crippen LogP contribution is 2.05. The minimum absolute atomic E-state index is 0.668. The number of rotatable bonds is 5. The van der Waals surface area contributed by atoms with Crippen molar-refractivity contribution >= 4 is 32.8 Å². The lowest BCUT2D eigenvalue weighted by atomic mass is 10.4. The van der Waals surface area contributed by atoms with Gasteiger partial charge in [0.15, 0.2) is 9.04 Å². The van der Waals surface area contributed by atoms with Gasteiger partial charge in [-0.15, -0.1) is 0 Å². The Bertz CT molecular complexity index is 294. The van der Waals surface area contributed by atoms with Gasteiger partial charge in [0.1, 0.15) is 9.76 Å². The predicted molar refractivity (Wildman–Crippen MR) is 69.5 cm³/mol. The molecule has 3 nitrogen and oxygen atoms in total. The van der Waals surface area contributed by atoms with Crippen molar-refractivity contribution in [1.82, 2.24) is 0 Å². The Morgan fingerprint density at radius 1 is 1.27 bits per heavy atom. The maximum Gasteiger partial charge on any atom is 0.512 e. The van der Waals surface area contributed by atoms with Crippen molar-refractivity contribution < 1.29 is 13.0 Å². The molecule has 0 heterocycles. The Labute approximate surface area is 96.1 Å². The molecule has 1 unspecified atom stereocenters. The normalized spacial score (nSPS) is 16.1. The standard InChI is InChI=1S/C9H18O3Si3/c1-13-11-15(10,12-14(2)3)9-7-5-4-6-8-9/h4-8,10,14H,13H2,1-3H3. The fourth-order valence-corrected chi connectivity index (χ4v) is 8.18. The highest BCUT2D eigenvalue weighted by atomic mass is 28.5. The second-order valence-corrected chi connectivity index (χ2v) is 10.1. The summed E-state index contributed by atoms with van der Waals surface area (Å²) in [6, 6.07) is 9.49. The summed E-state index contributed by atoms with van der Waals surface area (Å²) >= 11 is 0. The lowest BCUT2D eigenvalue weighted by molar-refractivity contribution is 0.281. The van der Waals surface area contributed by atoms with E-state index in [0.717, 1.165) is 5.19 Å². The second-order valence-electron chi connectivity index (χ2n) is 3.55. The Kier molecular flexibility index (Phi) is 4.90. The van der Waals surface area contributed by atoms with Gasteiger partial charge >= 0.3 is 8.80 Å². The van der Waals surface area contributed by atoms with Crippen LogP contribution < -0.4 is 5.19 Å². The molecule has 0 aromatic heterocycles. The molecule has 0 amide bonds. The van der Waals surface area contributed by atoms with Gasteiger partial charge in [-0.3, -0.25) is 0 Å². The quantitative estimate of drug-likeness (QED) is 0.754. The van der Waals surface area contributed by atoms with Crippen LogP contribution in [0.15, 0.2) is 30.3 Å². The van der Waals surface area contributed by atoms with Crippen LogP contribution in [0.3, 0.4) is 0 Å². The fraction of sp³-hybridized carbons (Fsp3) is 0.333. The summed E-state index contributed by atoms with van der Waals surface area (Å²) in [5, 5.41) is 0.820. The van der Waals surface area contributed by atoms with E-state index in [4.69, 9.17) is 8.23 Å². The highest BCUT2D eigenvalue weighted by Gasteiger charge is 2.39. The van der Waals surface area contributed by atoms with Crippen LogP contribution in [0.4, 0.5) is 0 Å². The largest absolute Gasteiger partial charge is 0.512 e. The van der Waals surface area contributed by atoms with Crippen molar-refractivity contribution in [2.75, 3.05) is 0 Å². The van der Waals surface area contributed by atoms with Gasteiger partial charge in [0, 0.05) is 5.19 Å². The Morgan fingerprint density at radius 3 is 2.33 bits per heavy atom. The van der Waals surface area contributed by atoms with E-state index in [1.807, 2.05) is 50.0 Å². The summed E-state index contributed by atoms with van der Waals surface area (Å²) in [5.74, 6) is 0. The van der Waals surface area contributed by atoms with Crippen molar-refractivity contribution in [1.29, 1.82) is 0 Å². The molecule has 6 heteroatoms. The third-order valence-electron chi connectivity index (χ3n) is 1.87. The molecule has 0 aliphatic heterocycles. The van der Waals surface area contributed by atoms with E-state index in [0.29, 0.717) is 0 Å². The smallest absolute Gasteiger partial charge is 0.419 e. The molecule has 0 saturated heterocycles.